The molecule has 0 heterocycles. The molecule has 1 amide bonds. The lowest BCUT2D eigenvalue weighted by Crippen LogP contribution is -2.22. The SMILES string of the molecule is Cc1cc(C)c(NC(=O)COC(=O)c2ccc(C)c(O)c2)c(C)c1. The smallest absolute Gasteiger partial charge is 0.338 e. The lowest BCUT2D eigenvalue weighted by atomic mass is 10.1. The number of aryl methyl sites for hydroxylation is 4. The molecule has 0 aromatic heterocycles. The van der Waals surface area contributed by atoms with Gasteiger partial charge in [0.2, 0.25) is 0 Å². The molecule has 5 heteroatoms. The number of carbonyl (C=O) groups excluding carboxylic acids is 2. The second-order valence-corrected chi connectivity index (χ2v) is 5.90. The van der Waals surface area contributed by atoms with Gasteiger partial charge in [-0.25, -0.2) is 4.79 Å². The van der Waals surface area contributed by atoms with Crippen molar-refractivity contribution in [3.05, 3.63) is 58.1 Å². The largest absolute Gasteiger partial charge is 0.508 e. The Bertz CT molecular complexity index is 773. The molecule has 0 aliphatic heterocycles. The van der Waals surface area contributed by atoms with E-state index >= 15 is 0 Å². The molecular weight excluding hydrogens is 306 g/mol. The van der Waals surface area contributed by atoms with Crippen molar-refractivity contribution < 1.29 is 19.4 Å². The molecule has 0 radical (unpaired) electrons. The molecule has 0 atom stereocenters. The number of nitrogens with one attached hydrogen (secondary N) is 1. The fourth-order valence-electron chi connectivity index (χ4n) is 2.50. The summed E-state index contributed by atoms with van der Waals surface area (Å²) in [6, 6.07) is 8.44. The fraction of sp³-hybridized carbons (Fsp3) is 0.263. The van der Waals surface area contributed by atoms with E-state index in [2.05, 4.69) is 5.32 Å². The number of esters is 1. The number of anilines is 1. The van der Waals surface area contributed by atoms with Crippen molar-refractivity contribution in [1.82, 2.24) is 0 Å². The fourth-order valence-corrected chi connectivity index (χ4v) is 2.50. The van der Waals surface area contributed by atoms with Crippen LogP contribution < -0.4 is 5.32 Å². The van der Waals surface area contributed by atoms with Gasteiger partial charge in [-0.05, 0) is 56.5 Å². The maximum atomic E-state index is 12.0. The first-order valence-electron chi connectivity index (χ1n) is 7.62. The molecule has 0 aliphatic carbocycles. The molecule has 0 spiro atoms. The van der Waals surface area contributed by atoms with Crippen molar-refractivity contribution >= 4 is 17.6 Å². The molecule has 0 aliphatic rings. The average Bonchev–Trinajstić information content (AvgIpc) is 2.51. The number of carbonyl (C=O) groups is 2. The maximum absolute atomic E-state index is 12.0. The van der Waals surface area contributed by atoms with Crippen molar-refractivity contribution in [3.63, 3.8) is 0 Å². The van der Waals surface area contributed by atoms with Crippen molar-refractivity contribution in [2.75, 3.05) is 11.9 Å². The Labute approximate surface area is 141 Å². The van der Waals surface area contributed by atoms with Gasteiger partial charge in [0.1, 0.15) is 5.75 Å². The topological polar surface area (TPSA) is 75.6 Å². The lowest BCUT2D eigenvalue weighted by Gasteiger charge is -2.13. The standard InChI is InChI=1S/C19H21NO4/c1-11-7-13(3)18(14(4)8-11)20-17(22)10-24-19(23)15-6-5-12(2)16(21)9-15/h5-9,21H,10H2,1-4H3,(H,20,22). The van der Waals surface area contributed by atoms with E-state index in [4.69, 9.17) is 4.74 Å². The van der Waals surface area contributed by atoms with Crippen LogP contribution in [0.5, 0.6) is 5.75 Å². The molecule has 2 rings (SSSR count). The van der Waals surface area contributed by atoms with Crippen LogP contribution in [0.15, 0.2) is 30.3 Å². The van der Waals surface area contributed by atoms with Crippen LogP contribution in [0, 0.1) is 27.7 Å². The van der Waals surface area contributed by atoms with Gasteiger partial charge in [0, 0.05) is 5.69 Å². The average molecular weight is 327 g/mol. The van der Waals surface area contributed by atoms with Crippen LogP contribution in [0.2, 0.25) is 0 Å². The van der Waals surface area contributed by atoms with E-state index in [0.717, 1.165) is 22.4 Å². The Hall–Kier alpha value is -2.82. The van der Waals surface area contributed by atoms with Gasteiger partial charge in [-0.3, -0.25) is 4.79 Å². The van der Waals surface area contributed by atoms with E-state index in [0.29, 0.717) is 5.56 Å². The molecular formula is C19H21NO4. The Kier molecular flexibility index (Phi) is 5.24. The zero-order chi connectivity index (χ0) is 17.9. The Morgan fingerprint density at radius 2 is 1.62 bits per heavy atom. The van der Waals surface area contributed by atoms with Crippen molar-refractivity contribution in [1.29, 1.82) is 0 Å². The van der Waals surface area contributed by atoms with Crippen LogP contribution in [0.25, 0.3) is 0 Å². The third kappa shape index (κ3) is 4.13. The maximum Gasteiger partial charge on any atom is 0.338 e. The Balaban J connectivity index is 1.98. The normalized spacial score (nSPS) is 10.3. The number of hydrogen-bond acceptors (Lipinski definition) is 4. The number of phenolic OH excluding ortho intramolecular Hbond substituents is 1. The second kappa shape index (κ2) is 7.17. The van der Waals surface area contributed by atoms with Gasteiger partial charge in [-0.1, -0.05) is 23.8 Å². The third-order valence-electron chi connectivity index (χ3n) is 3.72. The van der Waals surface area contributed by atoms with E-state index < -0.39 is 11.9 Å². The van der Waals surface area contributed by atoms with Crippen LogP contribution in [-0.2, 0) is 9.53 Å². The monoisotopic (exact) mass is 327 g/mol. The number of benzene rings is 2. The zero-order valence-corrected chi connectivity index (χ0v) is 14.3. The molecule has 2 aromatic rings. The predicted molar refractivity (Wildman–Crippen MR) is 92.4 cm³/mol. The van der Waals surface area contributed by atoms with Crippen molar-refractivity contribution in [2.45, 2.75) is 27.7 Å². The quantitative estimate of drug-likeness (QED) is 0.844. The van der Waals surface area contributed by atoms with E-state index in [1.807, 2.05) is 32.9 Å². The number of phenols is 1. The Morgan fingerprint density at radius 1 is 1.00 bits per heavy atom. The minimum atomic E-state index is -0.655. The lowest BCUT2D eigenvalue weighted by molar-refractivity contribution is -0.119. The highest BCUT2D eigenvalue weighted by atomic mass is 16.5. The summed E-state index contributed by atoms with van der Waals surface area (Å²) in [4.78, 5) is 24.0. The molecule has 0 unspecified atom stereocenters. The molecule has 0 saturated heterocycles. The molecule has 0 bridgehead atoms. The van der Waals surface area contributed by atoms with Gasteiger partial charge in [0.25, 0.3) is 5.91 Å². The van der Waals surface area contributed by atoms with Gasteiger partial charge < -0.3 is 15.2 Å². The predicted octanol–water partition coefficient (Wildman–Crippen LogP) is 3.42. The highest BCUT2D eigenvalue weighted by Crippen LogP contribution is 2.22. The first-order valence-corrected chi connectivity index (χ1v) is 7.62. The van der Waals surface area contributed by atoms with E-state index in [1.54, 1.807) is 19.1 Å². The minimum Gasteiger partial charge on any atom is -0.508 e. The number of amides is 1. The van der Waals surface area contributed by atoms with Gasteiger partial charge in [-0.2, -0.15) is 0 Å². The molecule has 24 heavy (non-hydrogen) atoms. The van der Waals surface area contributed by atoms with E-state index in [-0.39, 0.29) is 17.9 Å². The highest BCUT2D eigenvalue weighted by molar-refractivity contribution is 5.96. The minimum absolute atomic E-state index is 0.0137. The summed E-state index contributed by atoms with van der Waals surface area (Å²) >= 11 is 0. The summed E-state index contributed by atoms with van der Waals surface area (Å²) in [5.41, 5.74) is 4.62. The summed E-state index contributed by atoms with van der Waals surface area (Å²) in [5.74, 6) is -1.05. The van der Waals surface area contributed by atoms with Crippen molar-refractivity contribution in [2.24, 2.45) is 0 Å². The van der Waals surface area contributed by atoms with E-state index in [9.17, 15) is 14.7 Å². The number of ether oxygens (including phenoxy) is 1. The summed E-state index contributed by atoms with van der Waals surface area (Å²) in [6.45, 7) is 7.15. The molecule has 0 saturated carbocycles. The summed E-state index contributed by atoms with van der Waals surface area (Å²) in [6.07, 6.45) is 0. The third-order valence-corrected chi connectivity index (χ3v) is 3.72. The number of hydrogen-bond donors (Lipinski definition) is 2. The molecule has 2 aromatic carbocycles. The summed E-state index contributed by atoms with van der Waals surface area (Å²) in [5, 5.41) is 12.4. The molecule has 0 fully saturated rings. The summed E-state index contributed by atoms with van der Waals surface area (Å²) in [7, 11) is 0. The van der Waals surface area contributed by atoms with Crippen LogP contribution in [0.4, 0.5) is 5.69 Å². The van der Waals surface area contributed by atoms with Gasteiger partial charge in [0.15, 0.2) is 6.61 Å². The summed E-state index contributed by atoms with van der Waals surface area (Å²) < 4.78 is 5.00. The Morgan fingerprint density at radius 3 is 2.21 bits per heavy atom. The van der Waals surface area contributed by atoms with Crippen LogP contribution in [-0.4, -0.2) is 23.6 Å². The molecule has 126 valence electrons. The molecule has 2 N–H and O–H groups in total. The second-order valence-electron chi connectivity index (χ2n) is 5.90. The molecule has 5 nitrogen and oxygen atoms in total. The first-order chi connectivity index (χ1) is 11.3. The number of aromatic hydroxyl groups is 1. The van der Waals surface area contributed by atoms with Gasteiger partial charge in [0.05, 0.1) is 5.56 Å². The highest BCUT2D eigenvalue weighted by Gasteiger charge is 2.13. The van der Waals surface area contributed by atoms with Gasteiger partial charge in [-0.15, -0.1) is 0 Å². The van der Waals surface area contributed by atoms with Gasteiger partial charge >= 0.3 is 5.97 Å². The van der Waals surface area contributed by atoms with Crippen LogP contribution >= 0.6 is 0 Å². The van der Waals surface area contributed by atoms with E-state index in [1.165, 1.54) is 6.07 Å². The van der Waals surface area contributed by atoms with Crippen LogP contribution in [0.3, 0.4) is 0 Å². The van der Waals surface area contributed by atoms with Crippen LogP contribution in [0.1, 0.15) is 32.6 Å². The van der Waals surface area contributed by atoms with Crippen molar-refractivity contribution in [3.8, 4) is 5.75 Å². The first kappa shape index (κ1) is 17.5. The zero-order valence-electron chi connectivity index (χ0n) is 14.3. The number of rotatable bonds is 4.